The maximum atomic E-state index is 5.45. The number of rotatable bonds is 7. The summed E-state index contributed by atoms with van der Waals surface area (Å²) < 4.78 is 10.8. The smallest absolute Gasteiger partial charge is 0.162 e. The number of hydrogen-bond donors (Lipinski definition) is 1. The molecule has 0 saturated carbocycles. The third kappa shape index (κ3) is 5.24. The van der Waals surface area contributed by atoms with Gasteiger partial charge in [0.05, 0.1) is 14.2 Å². The van der Waals surface area contributed by atoms with Crippen LogP contribution in [0, 0.1) is 0 Å². The molecule has 6 heteroatoms. The van der Waals surface area contributed by atoms with Crippen molar-refractivity contribution in [1.82, 2.24) is 14.8 Å². The number of likely N-dealkylation sites (tertiary alicyclic amines) is 2. The fourth-order valence-corrected chi connectivity index (χ4v) is 4.81. The minimum absolute atomic E-state index is 0.477. The average molecular weight is 411 g/mol. The van der Waals surface area contributed by atoms with Gasteiger partial charge in [0.15, 0.2) is 11.5 Å². The lowest BCUT2D eigenvalue weighted by Gasteiger charge is -2.42. The summed E-state index contributed by atoms with van der Waals surface area (Å²) in [5.74, 6) is 1.54. The Kier molecular flexibility index (Phi) is 7.07. The molecule has 2 aliphatic heterocycles. The van der Waals surface area contributed by atoms with Crippen LogP contribution in [0.15, 0.2) is 42.7 Å². The molecular formula is C24H34N4O2. The van der Waals surface area contributed by atoms with Crippen LogP contribution in [0.1, 0.15) is 31.2 Å². The molecule has 0 aliphatic carbocycles. The summed E-state index contributed by atoms with van der Waals surface area (Å²) in [6.07, 6.45) is 8.80. The fourth-order valence-electron chi connectivity index (χ4n) is 4.81. The van der Waals surface area contributed by atoms with Gasteiger partial charge in [-0.1, -0.05) is 6.07 Å². The molecule has 2 saturated heterocycles. The van der Waals surface area contributed by atoms with Gasteiger partial charge in [-0.25, -0.2) is 0 Å². The minimum atomic E-state index is 0.477. The van der Waals surface area contributed by atoms with Gasteiger partial charge in [-0.2, -0.15) is 0 Å². The molecule has 0 radical (unpaired) electrons. The fraction of sp³-hybridized carbons (Fsp3) is 0.542. The minimum Gasteiger partial charge on any atom is -0.493 e. The summed E-state index contributed by atoms with van der Waals surface area (Å²) in [7, 11) is 3.36. The van der Waals surface area contributed by atoms with Gasteiger partial charge in [-0.3, -0.25) is 14.8 Å². The highest BCUT2D eigenvalue weighted by Gasteiger charge is 2.29. The molecular weight excluding hydrogens is 376 g/mol. The van der Waals surface area contributed by atoms with Crippen LogP contribution < -0.4 is 14.8 Å². The van der Waals surface area contributed by atoms with E-state index in [0.717, 1.165) is 30.3 Å². The van der Waals surface area contributed by atoms with E-state index >= 15 is 0 Å². The van der Waals surface area contributed by atoms with Crippen molar-refractivity contribution in [2.24, 2.45) is 0 Å². The number of aromatic nitrogens is 1. The van der Waals surface area contributed by atoms with Crippen LogP contribution in [0.5, 0.6) is 11.5 Å². The van der Waals surface area contributed by atoms with Crippen LogP contribution in [0.25, 0.3) is 0 Å². The van der Waals surface area contributed by atoms with E-state index < -0.39 is 0 Å². The molecule has 4 rings (SSSR count). The predicted octanol–water partition coefficient (Wildman–Crippen LogP) is 3.64. The summed E-state index contributed by atoms with van der Waals surface area (Å²) in [5, 5.41) is 3.72. The normalized spacial score (nSPS) is 21.3. The van der Waals surface area contributed by atoms with E-state index in [1.165, 1.54) is 50.9 Å². The number of pyridine rings is 1. The zero-order chi connectivity index (χ0) is 20.8. The topological polar surface area (TPSA) is 49.9 Å². The van der Waals surface area contributed by atoms with E-state index in [0.29, 0.717) is 12.1 Å². The largest absolute Gasteiger partial charge is 0.493 e. The molecule has 1 unspecified atom stereocenters. The number of ether oxygens (including phenoxy) is 2. The monoisotopic (exact) mass is 410 g/mol. The Morgan fingerprint density at radius 3 is 2.60 bits per heavy atom. The quantitative estimate of drug-likeness (QED) is 0.752. The molecule has 0 amide bonds. The summed E-state index contributed by atoms with van der Waals surface area (Å²) in [6, 6.07) is 11.5. The third-order valence-electron chi connectivity index (χ3n) is 6.41. The maximum Gasteiger partial charge on any atom is 0.162 e. The first-order valence-corrected chi connectivity index (χ1v) is 11.1. The molecule has 0 spiro atoms. The Morgan fingerprint density at radius 1 is 1.03 bits per heavy atom. The molecule has 2 aliphatic rings. The lowest BCUT2D eigenvalue weighted by atomic mass is 9.97. The summed E-state index contributed by atoms with van der Waals surface area (Å²) in [6.45, 7) is 5.69. The second-order valence-corrected chi connectivity index (χ2v) is 8.42. The summed E-state index contributed by atoms with van der Waals surface area (Å²) in [5.41, 5.74) is 2.42. The first-order valence-electron chi connectivity index (χ1n) is 11.1. The van der Waals surface area contributed by atoms with Gasteiger partial charge >= 0.3 is 0 Å². The molecule has 30 heavy (non-hydrogen) atoms. The van der Waals surface area contributed by atoms with Crippen LogP contribution in [-0.2, 0) is 6.54 Å². The zero-order valence-corrected chi connectivity index (χ0v) is 18.2. The van der Waals surface area contributed by atoms with Crippen molar-refractivity contribution in [2.45, 2.75) is 44.3 Å². The van der Waals surface area contributed by atoms with Crippen LogP contribution in [0.2, 0.25) is 0 Å². The molecule has 162 valence electrons. The van der Waals surface area contributed by atoms with E-state index in [-0.39, 0.29) is 0 Å². The van der Waals surface area contributed by atoms with Gasteiger partial charge in [0.1, 0.15) is 0 Å². The Labute approximate surface area is 180 Å². The Hall–Kier alpha value is -2.31. The van der Waals surface area contributed by atoms with Crippen molar-refractivity contribution < 1.29 is 9.47 Å². The third-order valence-corrected chi connectivity index (χ3v) is 6.41. The predicted molar refractivity (Wildman–Crippen MR) is 120 cm³/mol. The van der Waals surface area contributed by atoms with Gasteiger partial charge in [0, 0.05) is 49.3 Å². The molecule has 2 fully saturated rings. The average Bonchev–Trinajstić information content (AvgIpc) is 2.80. The summed E-state index contributed by atoms with van der Waals surface area (Å²) in [4.78, 5) is 9.52. The van der Waals surface area contributed by atoms with Crippen LogP contribution in [0.4, 0.5) is 5.69 Å². The SMILES string of the molecule is COc1ccc(NC2CCCN(C3CCN(Cc4cccnc4)CC3)C2)cc1OC. The number of nitrogens with zero attached hydrogens (tertiary/aromatic N) is 3. The van der Waals surface area contributed by atoms with Gasteiger partial charge in [-0.05, 0) is 69.1 Å². The van der Waals surface area contributed by atoms with E-state index in [4.69, 9.17) is 9.47 Å². The van der Waals surface area contributed by atoms with Gasteiger partial charge in [0.25, 0.3) is 0 Å². The molecule has 2 aromatic rings. The van der Waals surface area contributed by atoms with E-state index in [2.05, 4.69) is 32.2 Å². The van der Waals surface area contributed by atoms with Crippen molar-refractivity contribution in [2.75, 3.05) is 45.7 Å². The number of hydrogen-bond acceptors (Lipinski definition) is 6. The van der Waals surface area contributed by atoms with Gasteiger partial charge in [0.2, 0.25) is 0 Å². The number of piperidine rings is 2. The van der Waals surface area contributed by atoms with Crippen LogP contribution in [-0.4, -0.2) is 67.3 Å². The number of nitrogens with one attached hydrogen (secondary N) is 1. The van der Waals surface area contributed by atoms with Crippen LogP contribution in [0.3, 0.4) is 0 Å². The van der Waals surface area contributed by atoms with E-state index in [9.17, 15) is 0 Å². The molecule has 1 aromatic carbocycles. The Balaban J connectivity index is 1.28. The van der Waals surface area contributed by atoms with Crippen molar-refractivity contribution in [3.05, 3.63) is 48.3 Å². The van der Waals surface area contributed by atoms with Crippen molar-refractivity contribution in [1.29, 1.82) is 0 Å². The Morgan fingerprint density at radius 2 is 1.87 bits per heavy atom. The molecule has 1 aromatic heterocycles. The lowest BCUT2D eigenvalue weighted by molar-refractivity contribution is 0.0856. The number of benzene rings is 1. The second kappa shape index (κ2) is 10.1. The molecule has 3 heterocycles. The van der Waals surface area contributed by atoms with Gasteiger partial charge in [-0.15, -0.1) is 0 Å². The van der Waals surface area contributed by atoms with E-state index in [1.807, 2.05) is 30.6 Å². The summed E-state index contributed by atoms with van der Waals surface area (Å²) >= 11 is 0. The zero-order valence-electron chi connectivity index (χ0n) is 18.2. The first kappa shape index (κ1) is 20.9. The highest BCUT2D eigenvalue weighted by Crippen LogP contribution is 2.31. The standard InChI is InChI=1S/C24H34N4O2/c1-29-23-8-7-20(15-24(23)30-2)26-21-6-4-12-28(18-21)22-9-13-27(14-10-22)17-19-5-3-11-25-16-19/h3,5,7-8,11,15-16,21-22,26H,4,6,9-10,12-14,17-18H2,1-2H3. The molecule has 1 atom stereocenters. The maximum absolute atomic E-state index is 5.45. The highest BCUT2D eigenvalue weighted by atomic mass is 16.5. The van der Waals surface area contributed by atoms with Gasteiger partial charge < -0.3 is 14.8 Å². The molecule has 6 nitrogen and oxygen atoms in total. The molecule has 0 bridgehead atoms. The molecule has 1 N–H and O–H groups in total. The number of anilines is 1. The van der Waals surface area contributed by atoms with Crippen molar-refractivity contribution in [3.63, 3.8) is 0 Å². The van der Waals surface area contributed by atoms with E-state index in [1.54, 1.807) is 14.2 Å². The van der Waals surface area contributed by atoms with Crippen molar-refractivity contribution >= 4 is 5.69 Å². The number of methoxy groups -OCH3 is 2. The highest BCUT2D eigenvalue weighted by molar-refractivity contribution is 5.55. The lowest BCUT2D eigenvalue weighted by Crippen LogP contribution is -2.50. The Bertz CT molecular complexity index is 793. The first-order chi connectivity index (χ1) is 14.7. The van der Waals surface area contributed by atoms with Crippen LogP contribution >= 0.6 is 0 Å². The second-order valence-electron chi connectivity index (χ2n) is 8.42. The van der Waals surface area contributed by atoms with Crippen molar-refractivity contribution in [3.8, 4) is 11.5 Å².